The van der Waals surface area contributed by atoms with E-state index in [1.54, 1.807) is 0 Å². The molecular formula is C11H15ClN6. The van der Waals surface area contributed by atoms with Crippen molar-refractivity contribution in [1.29, 1.82) is 0 Å². The fourth-order valence-corrected chi connectivity index (χ4v) is 2.95. The van der Waals surface area contributed by atoms with Crippen LogP contribution in [0.5, 0.6) is 0 Å². The first-order valence-corrected chi connectivity index (χ1v) is 6.62. The second-order valence-electron chi connectivity index (χ2n) is 4.70. The minimum atomic E-state index is 0.190. The van der Waals surface area contributed by atoms with E-state index in [0.717, 1.165) is 18.7 Å². The molecule has 2 atom stereocenters. The fourth-order valence-electron chi connectivity index (χ4n) is 2.50. The van der Waals surface area contributed by atoms with Gasteiger partial charge in [0.2, 0.25) is 0 Å². The van der Waals surface area contributed by atoms with Crippen LogP contribution >= 0.6 is 11.6 Å². The predicted molar refractivity (Wildman–Crippen MR) is 68.9 cm³/mol. The van der Waals surface area contributed by atoms with Crippen LogP contribution in [0.3, 0.4) is 0 Å². The van der Waals surface area contributed by atoms with Gasteiger partial charge < -0.3 is 4.90 Å². The van der Waals surface area contributed by atoms with E-state index in [-0.39, 0.29) is 5.38 Å². The predicted octanol–water partition coefficient (Wildman–Crippen LogP) is 1.51. The van der Waals surface area contributed by atoms with Crippen LogP contribution in [0.15, 0.2) is 12.1 Å². The van der Waals surface area contributed by atoms with Crippen molar-refractivity contribution in [3.63, 3.8) is 0 Å². The molecule has 2 aromatic heterocycles. The third kappa shape index (κ3) is 2.01. The molecule has 1 fully saturated rings. The van der Waals surface area contributed by atoms with Gasteiger partial charge in [-0.25, -0.2) is 0 Å². The Morgan fingerprint density at radius 2 is 2.17 bits per heavy atom. The number of hydrogen-bond donors (Lipinski definition) is 0. The topological polar surface area (TPSA) is 59.2 Å². The summed E-state index contributed by atoms with van der Waals surface area (Å²) in [6.07, 6.45) is 4.63. The van der Waals surface area contributed by atoms with Gasteiger partial charge in [0.1, 0.15) is 0 Å². The smallest absolute Gasteiger partial charge is 0.200 e. The average molecular weight is 267 g/mol. The van der Waals surface area contributed by atoms with E-state index in [4.69, 9.17) is 11.6 Å². The zero-order chi connectivity index (χ0) is 12.5. The fraction of sp³-hybridized carbons (Fsp3) is 0.636. The molecule has 0 saturated heterocycles. The van der Waals surface area contributed by atoms with Crippen LogP contribution < -0.4 is 4.90 Å². The lowest BCUT2D eigenvalue weighted by Gasteiger charge is -2.35. The van der Waals surface area contributed by atoms with Crippen molar-refractivity contribution in [2.45, 2.75) is 37.1 Å². The lowest BCUT2D eigenvalue weighted by Crippen LogP contribution is -2.41. The average Bonchev–Trinajstić information content (AvgIpc) is 2.85. The molecule has 0 aliphatic heterocycles. The first-order valence-electron chi connectivity index (χ1n) is 6.18. The number of alkyl halides is 1. The van der Waals surface area contributed by atoms with Crippen LogP contribution in [0.4, 0.5) is 5.82 Å². The molecule has 6 nitrogen and oxygen atoms in total. The molecule has 1 saturated carbocycles. The van der Waals surface area contributed by atoms with Crippen LogP contribution in [-0.4, -0.2) is 43.7 Å². The molecule has 1 aliphatic rings. The maximum Gasteiger partial charge on any atom is 0.200 e. The van der Waals surface area contributed by atoms with Crippen LogP contribution in [-0.2, 0) is 0 Å². The molecule has 3 rings (SSSR count). The van der Waals surface area contributed by atoms with E-state index in [1.165, 1.54) is 17.5 Å². The first-order chi connectivity index (χ1) is 8.75. The number of aromatic nitrogens is 5. The maximum atomic E-state index is 6.41. The molecule has 96 valence electrons. The number of nitrogens with zero attached hydrogens (tertiary/aromatic N) is 6. The van der Waals surface area contributed by atoms with E-state index in [1.807, 2.05) is 19.2 Å². The van der Waals surface area contributed by atoms with E-state index in [0.29, 0.717) is 11.7 Å². The summed E-state index contributed by atoms with van der Waals surface area (Å²) in [5.74, 6) is 0.854. The van der Waals surface area contributed by atoms with E-state index < -0.39 is 0 Å². The van der Waals surface area contributed by atoms with Gasteiger partial charge in [0, 0.05) is 13.1 Å². The number of rotatable bonds is 2. The quantitative estimate of drug-likeness (QED) is 0.771. The molecule has 2 heterocycles. The van der Waals surface area contributed by atoms with Crippen LogP contribution in [0.25, 0.3) is 5.65 Å². The highest BCUT2D eigenvalue weighted by molar-refractivity contribution is 6.21. The van der Waals surface area contributed by atoms with Crippen molar-refractivity contribution >= 4 is 23.1 Å². The zero-order valence-corrected chi connectivity index (χ0v) is 11.0. The highest BCUT2D eigenvalue weighted by atomic mass is 35.5. The number of fused-ring (bicyclic) bond motifs is 1. The summed E-state index contributed by atoms with van der Waals surface area (Å²) in [5, 5.41) is 15.8. The maximum absolute atomic E-state index is 6.41. The van der Waals surface area contributed by atoms with Crippen molar-refractivity contribution < 1.29 is 0 Å². The molecule has 18 heavy (non-hydrogen) atoms. The van der Waals surface area contributed by atoms with Gasteiger partial charge in [0.05, 0.1) is 5.38 Å². The lowest BCUT2D eigenvalue weighted by molar-refractivity contribution is 0.431. The van der Waals surface area contributed by atoms with Gasteiger partial charge in [-0.2, -0.15) is 0 Å². The summed E-state index contributed by atoms with van der Waals surface area (Å²) in [4.78, 5) is 2.14. The van der Waals surface area contributed by atoms with Gasteiger partial charge in [-0.1, -0.05) is 12.8 Å². The molecular weight excluding hydrogens is 252 g/mol. The summed E-state index contributed by atoms with van der Waals surface area (Å²) < 4.78 is 1.44. The SMILES string of the molecule is CN(c1ccc2nnnn2n1)C1CCCCC1Cl. The Labute approximate surface area is 110 Å². The van der Waals surface area contributed by atoms with Crippen LogP contribution in [0, 0.1) is 0 Å². The third-order valence-corrected chi connectivity index (χ3v) is 4.07. The first kappa shape index (κ1) is 11.6. The van der Waals surface area contributed by atoms with Gasteiger partial charge in [0.25, 0.3) is 0 Å². The molecule has 0 N–H and O–H groups in total. The van der Waals surface area contributed by atoms with Crippen molar-refractivity contribution in [3.8, 4) is 0 Å². The normalized spacial score (nSPS) is 24.3. The summed E-state index contributed by atoms with van der Waals surface area (Å²) in [6.45, 7) is 0. The Morgan fingerprint density at radius 3 is 3.00 bits per heavy atom. The van der Waals surface area contributed by atoms with Gasteiger partial charge in [0.15, 0.2) is 11.5 Å². The van der Waals surface area contributed by atoms with Crippen molar-refractivity contribution in [3.05, 3.63) is 12.1 Å². The number of anilines is 1. The van der Waals surface area contributed by atoms with Crippen molar-refractivity contribution in [2.24, 2.45) is 0 Å². The summed E-state index contributed by atoms with van der Waals surface area (Å²) in [5.41, 5.74) is 0.651. The molecule has 1 aliphatic carbocycles. The largest absolute Gasteiger partial charge is 0.354 e. The molecule has 0 aromatic carbocycles. The van der Waals surface area contributed by atoms with Gasteiger partial charge >= 0.3 is 0 Å². The number of tetrazole rings is 1. The molecule has 2 aromatic rings. The Balaban J connectivity index is 1.87. The number of hydrogen-bond acceptors (Lipinski definition) is 5. The summed E-state index contributed by atoms with van der Waals surface area (Å²) in [6, 6.07) is 4.14. The molecule has 7 heteroatoms. The standard InChI is InChI=1S/C11H15ClN6/c1-17(9-5-3-2-4-8(9)12)11-7-6-10-13-15-16-18(10)14-11/h6-9H,2-5H2,1H3. The molecule has 0 bridgehead atoms. The summed E-state index contributed by atoms with van der Waals surface area (Å²) in [7, 11) is 2.03. The lowest BCUT2D eigenvalue weighted by atomic mass is 9.94. The van der Waals surface area contributed by atoms with E-state index >= 15 is 0 Å². The van der Waals surface area contributed by atoms with E-state index in [9.17, 15) is 0 Å². The Kier molecular flexibility index (Phi) is 3.03. The second kappa shape index (κ2) is 4.68. The molecule has 0 radical (unpaired) electrons. The monoisotopic (exact) mass is 266 g/mol. The highest BCUT2D eigenvalue weighted by Crippen LogP contribution is 2.28. The highest BCUT2D eigenvalue weighted by Gasteiger charge is 2.27. The van der Waals surface area contributed by atoms with Gasteiger partial charge in [-0.05, 0) is 35.4 Å². The Bertz CT molecular complexity index is 541. The molecule has 0 spiro atoms. The van der Waals surface area contributed by atoms with Crippen LogP contribution in [0.2, 0.25) is 0 Å². The van der Waals surface area contributed by atoms with Gasteiger partial charge in [-0.15, -0.1) is 26.4 Å². The minimum absolute atomic E-state index is 0.190. The van der Waals surface area contributed by atoms with E-state index in [2.05, 4.69) is 25.5 Å². The van der Waals surface area contributed by atoms with Crippen LogP contribution in [0.1, 0.15) is 25.7 Å². The third-order valence-electron chi connectivity index (χ3n) is 3.56. The van der Waals surface area contributed by atoms with Gasteiger partial charge in [-0.3, -0.25) is 0 Å². The van der Waals surface area contributed by atoms with Crippen molar-refractivity contribution in [2.75, 3.05) is 11.9 Å². The van der Waals surface area contributed by atoms with Crippen molar-refractivity contribution in [1.82, 2.24) is 25.3 Å². The zero-order valence-electron chi connectivity index (χ0n) is 10.2. The summed E-state index contributed by atoms with van der Waals surface area (Å²) >= 11 is 6.41. The number of halogens is 1. The Morgan fingerprint density at radius 1 is 1.33 bits per heavy atom. The minimum Gasteiger partial charge on any atom is -0.354 e. The Hall–Kier alpha value is -1.43. The molecule has 0 amide bonds. The second-order valence-corrected chi connectivity index (χ2v) is 5.26. The molecule has 2 unspecified atom stereocenters.